The van der Waals surface area contributed by atoms with Crippen LogP contribution < -0.4 is 0 Å². The van der Waals surface area contributed by atoms with Crippen molar-refractivity contribution in [2.75, 3.05) is 0 Å². The molecule has 28 heavy (non-hydrogen) atoms. The van der Waals surface area contributed by atoms with Gasteiger partial charge in [0.1, 0.15) is 6.61 Å². The third kappa shape index (κ3) is 4.04. The minimum Gasteiger partial charge on any atom is -0.458 e. The molecule has 0 aliphatic rings. The fourth-order valence-corrected chi connectivity index (χ4v) is 3.21. The number of nitrogens with zero attached hydrogens (tertiary/aromatic N) is 2. The van der Waals surface area contributed by atoms with Crippen molar-refractivity contribution in [2.45, 2.75) is 20.1 Å². The van der Waals surface area contributed by atoms with E-state index in [0.29, 0.717) is 0 Å². The highest BCUT2D eigenvalue weighted by atomic mass is 16.5. The lowest BCUT2D eigenvalue weighted by molar-refractivity contribution is -0.138. The Kier molecular flexibility index (Phi) is 5.06. The fourth-order valence-electron chi connectivity index (χ4n) is 3.21. The van der Waals surface area contributed by atoms with E-state index in [0.717, 1.165) is 34.3 Å². The Bertz CT molecular complexity index is 1110. The van der Waals surface area contributed by atoms with Gasteiger partial charge in [-0.1, -0.05) is 36.4 Å². The fraction of sp³-hybridized carbons (Fsp3) is 0.130. The first-order valence-corrected chi connectivity index (χ1v) is 9.15. The van der Waals surface area contributed by atoms with Crippen LogP contribution in [0.25, 0.3) is 17.0 Å². The normalized spacial score (nSPS) is 11.3. The maximum absolute atomic E-state index is 12.0. The maximum Gasteiger partial charge on any atom is 0.331 e. The predicted octanol–water partition coefficient (Wildman–Crippen LogP) is 4.48. The molecule has 2 heterocycles. The third-order valence-electron chi connectivity index (χ3n) is 4.68. The second-order valence-electron chi connectivity index (χ2n) is 6.70. The van der Waals surface area contributed by atoms with Crippen LogP contribution in [0, 0.1) is 6.92 Å². The number of aryl methyl sites for hydroxylation is 1. The summed E-state index contributed by atoms with van der Waals surface area (Å²) in [5, 5.41) is 1.14. The van der Waals surface area contributed by atoms with Gasteiger partial charge in [-0.15, -0.1) is 0 Å². The summed E-state index contributed by atoms with van der Waals surface area (Å²) in [5.41, 5.74) is 5.35. The molecule has 4 aromatic rings. The van der Waals surface area contributed by atoms with Crippen molar-refractivity contribution in [3.63, 3.8) is 0 Å². The summed E-state index contributed by atoms with van der Waals surface area (Å²) in [6, 6.07) is 15.8. The average Bonchev–Trinajstić information content (AvgIpc) is 3.34. The second kappa shape index (κ2) is 7.96. The van der Waals surface area contributed by atoms with Gasteiger partial charge < -0.3 is 14.3 Å². The lowest BCUT2D eigenvalue weighted by Gasteiger charge is -2.04. The predicted molar refractivity (Wildman–Crippen MR) is 110 cm³/mol. The largest absolute Gasteiger partial charge is 0.458 e. The number of imidazole rings is 1. The molecule has 140 valence electrons. The summed E-state index contributed by atoms with van der Waals surface area (Å²) in [6.07, 6.45) is 8.80. The molecular formula is C23H21N3O2. The molecule has 5 heteroatoms. The van der Waals surface area contributed by atoms with E-state index in [4.69, 9.17) is 4.74 Å². The Hall–Kier alpha value is -3.60. The van der Waals surface area contributed by atoms with Crippen LogP contribution in [0.3, 0.4) is 0 Å². The number of rotatable bonds is 6. The number of fused-ring (bicyclic) bond motifs is 1. The van der Waals surface area contributed by atoms with Gasteiger partial charge in [0.15, 0.2) is 0 Å². The lowest BCUT2D eigenvalue weighted by Crippen LogP contribution is -2.00. The first-order valence-electron chi connectivity index (χ1n) is 9.15. The van der Waals surface area contributed by atoms with Crippen LogP contribution >= 0.6 is 0 Å². The molecule has 2 aromatic carbocycles. The zero-order valence-electron chi connectivity index (χ0n) is 15.6. The Morgan fingerprint density at radius 2 is 2.07 bits per heavy atom. The standard InChI is InChI=1S/C23H21N3O2/c1-17-21(14-26-12-11-24-16-26)20-13-18(7-9-22(20)25-17)8-10-23(27)28-15-19-5-3-2-4-6-19/h2-13,16,25H,14-15H2,1H3/b10-8+. The molecule has 2 aromatic heterocycles. The van der Waals surface area contributed by atoms with Crippen molar-refractivity contribution in [1.82, 2.24) is 14.5 Å². The minimum absolute atomic E-state index is 0.273. The number of hydrogen-bond acceptors (Lipinski definition) is 3. The second-order valence-corrected chi connectivity index (χ2v) is 6.70. The van der Waals surface area contributed by atoms with Crippen molar-refractivity contribution in [1.29, 1.82) is 0 Å². The zero-order valence-corrected chi connectivity index (χ0v) is 15.6. The number of aromatic nitrogens is 3. The average molecular weight is 371 g/mol. The molecule has 0 unspecified atom stereocenters. The van der Waals surface area contributed by atoms with Crippen LogP contribution in [0.15, 0.2) is 73.3 Å². The number of carbonyl (C=O) groups excluding carboxylic acids is 1. The summed E-state index contributed by atoms with van der Waals surface area (Å²) in [6.45, 7) is 3.09. The first kappa shape index (κ1) is 17.8. The van der Waals surface area contributed by atoms with Gasteiger partial charge in [-0.25, -0.2) is 9.78 Å². The molecule has 5 nitrogen and oxygen atoms in total. The quantitative estimate of drug-likeness (QED) is 0.402. The SMILES string of the molecule is Cc1[nH]c2ccc(/C=C/C(=O)OCc3ccccc3)cc2c1Cn1ccnc1. The van der Waals surface area contributed by atoms with Crippen LogP contribution in [0.1, 0.15) is 22.4 Å². The molecule has 0 atom stereocenters. The summed E-state index contributed by atoms with van der Waals surface area (Å²) < 4.78 is 7.33. The smallest absolute Gasteiger partial charge is 0.331 e. The Labute approximate surface area is 163 Å². The maximum atomic E-state index is 12.0. The molecule has 1 N–H and O–H groups in total. The monoisotopic (exact) mass is 371 g/mol. The van der Waals surface area contributed by atoms with Crippen molar-refractivity contribution in [3.05, 3.63) is 95.7 Å². The number of nitrogens with one attached hydrogen (secondary N) is 1. The number of carbonyl (C=O) groups is 1. The molecule has 0 bridgehead atoms. The molecule has 0 fully saturated rings. The van der Waals surface area contributed by atoms with Gasteiger partial charge in [0.05, 0.1) is 12.9 Å². The van der Waals surface area contributed by atoms with Crippen LogP contribution in [0.2, 0.25) is 0 Å². The summed E-state index contributed by atoms with van der Waals surface area (Å²) >= 11 is 0. The first-order chi connectivity index (χ1) is 13.7. The van der Waals surface area contributed by atoms with Gasteiger partial charge in [-0.05, 0) is 36.3 Å². The number of esters is 1. The molecule has 0 saturated heterocycles. The Morgan fingerprint density at radius 1 is 1.21 bits per heavy atom. The third-order valence-corrected chi connectivity index (χ3v) is 4.68. The van der Waals surface area contributed by atoms with E-state index in [9.17, 15) is 4.79 Å². The van der Waals surface area contributed by atoms with Crippen molar-refractivity contribution in [2.24, 2.45) is 0 Å². The molecule has 0 aliphatic carbocycles. The molecule has 0 radical (unpaired) electrons. The highest BCUT2D eigenvalue weighted by Crippen LogP contribution is 2.25. The molecule has 0 spiro atoms. The number of aromatic amines is 1. The number of H-pyrrole nitrogens is 1. The number of ether oxygens (including phenoxy) is 1. The molecule has 0 aliphatic heterocycles. The Balaban J connectivity index is 1.49. The van der Waals surface area contributed by atoms with E-state index in [1.54, 1.807) is 12.3 Å². The number of benzene rings is 2. The highest BCUT2D eigenvalue weighted by Gasteiger charge is 2.09. The minimum atomic E-state index is -0.354. The van der Waals surface area contributed by atoms with E-state index >= 15 is 0 Å². The van der Waals surface area contributed by atoms with E-state index in [1.165, 1.54) is 11.6 Å². The van der Waals surface area contributed by atoms with Crippen LogP contribution in [0.4, 0.5) is 0 Å². The van der Waals surface area contributed by atoms with E-state index < -0.39 is 0 Å². The van der Waals surface area contributed by atoms with E-state index in [1.807, 2.05) is 59.6 Å². The van der Waals surface area contributed by atoms with Gasteiger partial charge in [0.25, 0.3) is 0 Å². The zero-order chi connectivity index (χ0) is 19.3. The van der Waals surface area contributed by atoms with Crippen molar-refractivity contribution < 1.29 is 9.53 Å². The molecule has 4 rings (SSSR count). The van der Waals surface area contributed by atoms with E-state index in [2.05, 4.69) is 23.0 Å². The van der Waals surface area contributed by atoms with Gasteiger partial charge in [0, 0.05) is 40.6 Å². The van der Waals surface area contributed by atoms with Crippen LogP contribution in [-0.4, -0.2) is 20.5 Å². The van der Waals surface area contributed by atoms with Gasteiger partial charge in [-0.3, -0.25) is 0 Å². The number of hydrogen-bond donors (Lipinski definition) is 1. The van der Waals surface area contributed by atoms with Gasteiger partial charge in [-0.2, -0.15) is 0 Å². The van der Waals surface area contributed by atoms with E-state index in [-0.39, 0.29) is 12.6 Å². The summed E-state index contributed by atoms with van der Waals surface area (Å²) in [4.78, 5) is 19.5. The highest BCUT2D eigenvalue weighted by molar-refractivity contribution is 5.90. The van der Waals surface area contributed by atoms with Crippen molar-refractivity contribution in [3.8, 4) is 0 Å². The summed E-state index contributed by atoms with van der Waals surface area (Å²) in [5.74, 6) is -0.354. The molecule has 0 saturated carbocycles. The topological polar surface area (TPSA) is 59.9 Å². The van der Waals surface area contributed by atoms with Gasteiger partial charge in [0.2, 0.25) is 0 Å². The lowest BCUT2D eigenvalue weighted by atomic mass is 10.1. The van der Waals surface area contributed by atoms with Crippen LogP contribution in [0.5, 0.6) is 0 Å². The Morgan fingerprint density at radius 3 is 2.86 bits per heavy atom. The van der Waals surface area contributed by atoms with Gasteiger partial charge >= 0.3 is 5.97 Å². The van der Waals surface area contributed by atoms with Crippen molar-refractivity contribution >= 4 is 22.9 Å². The summed E-state index contributed by atoms with van der Waals surface area (Å²) in [7, 11) is 0. The molecule has 0 amide bonds. The van der Waals surface area contributed by atoms with Crippen LogP contribution in [-0.2, 0) is 22.7 Å². The molecular weight excluding hydrogens is 350 g/mol.